The average molecular weight is 298 g/mol. The lowest BCUT2D eigenvalue weighted by molar-refractivity contribution is 0.506. The molecule has 0 aliphatic heterocycles. The second-order valence-corrected chi connectivity index (χ2v) is 5.91. The van der Waals surface area contributed by atoms with E-state index < -0.39 is 21.7 Å². The molecule has 0 spiro atoms. The van der Waals surface area contributed by atoms with Crippen LogP contribution in [0.1, 0.15) is 5.56 Å². The number of benzene rings is 2. The summed E-state index contributed by atoms with van der Waals surface area (Å²) in [4.78, 5) is 0.0140. The predicted molar refractivity (Wildman–Crippen MR) is 71.2 cm³/mol. The van der Waals surface area contributed by atoms with Gasteiger partial charge in [0.05, 0.1) is 4.90 Å². The van der Waals surface area contributed by atoms with Gasteiger partial charge in [-0.1, -0.05) is 12.1 Å². The van der Waals surface area contributed by atoms with E-state index in [9.17, 15) is 17.2 Å². The molecule has 0 heterocycles. The van der Waals surface area contributed by atoms with Crippen molar-refractivity contribution >= 4 is 15.7 Å². The first-order valence-electron chi connectivity index (χ1n) is 5.67. The molecule has 0 atom stereocenters. The van der Waals surface area contributed by atoms with E-state index >= 15 is 0 Å². The zero-order valence-corrected chi connectivity index (χ0v) is 11.1. The summed E-state index contributed by atoms with van der Waals surface area (Å²) in [6.07, 6.45) is 0. The Balaban J connectivity index is 2.15. The zero-order valence-electron chi connectivity index (χ0n) is 10.3. The number of halogens is 2. The van der Waals surface area contributed by atoms with E-state index in [1.54, 1.807) is 6.07 Å². The van der Waals surface area contributed by atoms with Crippen molar-refractivity contribution in [2.24, 2.45) is 0 Å². The van der Waals surface area contributed by atoms with Crippen molar-refractivity contribution in [3.8, 4) is 0 Å². The van der Waals surface area contributed by atoms with Crippen LogP contribution in [0.25, 0.3) is 0 Å². The number of hydrogen-bond acceptors (Lipinski definition) is 3. The van der Waals surface area contributed by atoms with Crippen LogP contribution in [0.15, 0.2) is 47.4 Å². The summed E-state index contributed by atoms with van der Waals surface area (Å²) in [6.45, 7) is -0.145. The normalized spacial score (nSPS) is 11.5. The van der Waals surface area contributed by atoms with Crippen molar-refractivity contribution in [2.75, 3.05) is 5.73 Å². The Kier molecular flexibility index (Phi) is 4.01. The van der Waals surface area contributed by atoms with Gasteiger partial charge in [-0.25, -0.2) is 21.9 Å². The first-order chi connectivity index (χ1) is 9.38. The minimum Gasteiger partial charge on any atom is -0.399 e. The molecular weight excluding hydrogens is 286 g/mol. The highest BCUT2D eigenvalue weighted by molar-refractivity contribution is 7.89. The van der Waals surface area contributed by atoms with Gasteiger partial charge in [-0.15, -0.1) is 0 Å². The molecule has 106 valence electrons. The molecule has 4 nitrogen and oxygen atoms in total. The smallest absolute Gasteiger partial charge is 0.240 e. The number of nitrogens with two attached hydrogens (primary N) is 1. The molecule has 7 heteroatoms. The summed E-state index contributed by atoms with van der Waals surface area (Å²) in [6, 6.07) is 8.98. The van der Waals surface area contributed by atoms with Gasteiger partial charge >= 0.3 is 0 Å². The summed E-state index contributed by atoms with van der Waals surface area (Å²) in [5.74, 6) is -2.00. The summed E-state index contributed by atoms with van der Waals surface area (Å²) in [5.41, 5.74) is 6.15. The fraction of sp³-hybridized carbons (Fsp3) is 0.0769. The van der Waals surface area contributed by atoms with Gasteiger partial charge in [0.1, 0.15) is 0 Å². The molecule has 0 radical (unpaired) electrons. The third kappa shape index (κ3) is 3.31. The maximum atomic E-state index is 13.0. The molecule has 3 N–H and O–H groups in total. The first-order valence-corrected chi connectivity index (χ1v) is 7.16. The van der Waals surface area contributed by atoms with Gasteiger partial charge in [0.15, 0.2) is 11.6 Å². The molecule has 0 saturated carbocycles. The van der Waals surface area contributed by atoms with E-state index in [1.165, 1.54) is 24.3 Å². The molecule has 2 rings (SSSR count). The average Bonchev–Trinajstić information content (AvgIpc) is 2.40. The lowest BCUT2D eigenvalue weighted by atomic mass is 10.2. The molecular formula is C13H12F2N2O2S. The molecule has 2 aromatic carbocycles. The molecule has 0 unspecified atom stereocenters. The van der Waals surface area contributed by atoms with E-state index in [4.69, 9.17) is 5.73 Å². The van der Waals surface area contributed by atoms with Crippen LogP contribution < -0.4 is 10.5 Å². The lowest BCUT2D eigenvalue weighted by Crippen LogP contribution is -2.23. The SMILES string of the molecule is Nc1cccc(S(=O)(=O)NCc2ccc(F)c(F)c2)c1. The Morgan fingerprint density at radius 2 is 1.80 bits per heavy atom. The van der Waals surface area contributed by atoms with Crippen molar-refractivity contribution in [1.29, 1.82) is 0 Å². The molecule has 20 heavy (non-hydrogen) atoms. The standard InChI is InChI=1S/C13H12F2N2O2S/c14-12-5-4-9(6-13(12)15)8-17-20(18,19)11-3-1-2-10(16)7-11/h1-7,17H,8,16H2. The number of nitrogens with one attached hydrogen (secondary N) is 1. The molecule has 0 saturated heterocycles. The highest BCUT2D eigenvalue weighted by atomic mass is 32.2. The summed E-state index contributed by atoms with van der Waals surface area (Å²) in [5, 5.41) is 0. The van der Waals surface area contributed by atoms with E-state index in [-0.39, 0.29) is 11.4 Å². The van der Waals surface area contributed by atoms with Crippen molar-refractivity contribution in [3.05, 3.63) is 59.7 Å². The Morgan fingerprint density at radius 3 is 2.45 bits per heavy atom. The second-order valence-electron chi connectivity index (χ2n) is 4.15. The van der Waals surface area contributed by atoms with Gasteiger partial charge in [0, 0.05) is 12.2 Å². The number of hydrogen-bond donors (Lipinski definition) is 2. The van der Waals surface area contributed by atoms with Gasteiger partial charge in [0.25, 0.3) is 0 Å². The number of sulfonamides is 1. The van der Waals surface area contributed by atoms with Gasteiger partial charge in [-0.05, 0) is 35.9 Å². The minimum atomic E-state index is -3.75. The largest absolute Gasteiger partial charge is 0.399 e. The van der Waals surface area contributed by atoms with Crippen molar-refractivity contribution in [3.63, 3.8) is 0 Å². The Labute approximate surface area is 115 Å². The second kappa shape index (κ2) is 5.56. The molecule has 0 amide bonds. The fourth-order valence-electron chi connectivity index (χ4n) is 1.59. The van der Waals surface area contributed by atoms with Crippen molar-refractivity contribution in [2.45, 2.75) is 11.4 Å². The topological polar surface area (TPSA) is 72.2 Å². The van der Waals surface area contributed by atoms with Crippen LogP contribution in [-0.4, -0.2) is 8.42 Å². The van der Waals surface area contributed by atoms with E-state index in [2.05, 4.69) is 4.72 Å². The van der Waals surface area contributed by atoms with E-state index in [1.807, 2.05) is 0 Å². The van der Waals surface area contributed by atoms with Gasteiger partial charge < -0.3 is 5.73 Å². The lowest BCUT2D eigenvalue weighted by Gasteiger charge is -2.07. The zero-order chi connectivity index (χ0) is 14.8. The monoisotopic (exact) mass is 298 g/mol. The minimum absolute atomic E-state index is 0.0140. The van der Waals surface area contributed by atoms with Gasteiger partial charge in [-0.3, -0.25) is 0 Å². The summed E-state index contributed by atoms with van der Waals surface area (Å²) >= 11 is 0. The number of nitrogen functional groups attached to an aromatic ring is 1. The van der Waals surface area contributed by atoms with Gasteiger partial charge in [-0.2, -0.15) is 0 Å². The molecule has 0 bridgehead atoms. The van der Waals surface area contributed by atoms with Crippen LogP contribution in [-0.2, 0) is 16.6 Å². The quantitative estimate of drug-likeness (QED) is 0.848. The van der Waals surface area contributed by atoms with E-state index in [0.717, 1.165) is 12.1 Å². The van der Waals surface area contributed by atoms with Gasteiger partial charge in [0.2, 0.25) is 10.0 Å². The Hall–Kier alpha value is -1.99. The molecule has 0 aliphatic carbocycles. The third-order valence-electron chi connectivity index (χ3n) is 2.62. The summed E-state index contributed by atoms with van der Waals surface area (Å²) in [7, 11) is -3.75. The third-order valence-corrected chi connectivity index (χ3v) is 4.02. The maximum absolute atomic E-state index is 13.0. The Bertz CT molecular complexity index is 733. The number of rotatable bonds is 4. The van der Waals surface area contributed by atoms with Crippen LogP contribution >= 0.6 is 0 Å². The Morgan fingerprint density at radius 1 is 1.05 bits per heavy atom. The molecule has 0 fully saturated rings. The van der Waals surface area contributed by atoms with Crippen LogP contribution in [0, 0.1) is 11.6 Å². The maximum Gasteiger partial charge on any atom is 0.240 e. The van der Waals surface area contributed by atoms with Crippen LogP contribution in [0.3, 0.4) is 0 Å². The van der Waals surface area contributed by atoms with Crippen LogP contribution in [0.5, 0.6) is 0 Å². The first kappa shape index (κ1) is 14.4. The van der Waals surface area contributed by atoms with Crippen LogP contribution in [0.2, 0.25) is 0 Å². The molecule has 0 aromatic heterocycles. The van der Waals surface area contributed by atoms with E-state index in [0.29, 0.717) is 11.3 Å². The number of anilines is 1. The predicted octanol–water partition coefficient (Wildman–Crippen LogP) is 2.03. The highest BCUT2D eigenvalue weighted by Crippen LogP contribution is 2.14. The highest BCUT2D eigenvalue weighted by Gasteiger charge is 2.14. The van der Waals surface area contributed by atoms with Crippen molar-refractivity contribution in [1.82, 2.24) is 4.72 Å². The van der Waals surface area contributed by atoms with Crippen molar-refractivity contribution < 1.29 is 17.2 Å². The van der Waals surface area contributed by atoms with Crippen LogP contribution in [0.4, 0.5) is 14.5 Å². The summed E-state index contributed by atoms with van der Waals surface area (Å²) < 4.78 is 52.0. The molecule has 0 aliphatic rings. The molecule has 2 aromatic rings. The fourth-order valence-corrected chi connectivity index (χ4v) is 2.67.